The summed E-state index contributed by atoms with van der Waals surface area (Å²) >= 11 is 0. The van der Waals surface area contributed by atoms with Gasteiger partial charge in [-0.05, 0) is 20.8 Å². The van der Waals surface area contributed by atoms with E-state index < -0.39 is 22.1 Å². The molecule has 0 N–H and O–H groups in total. The third-order valence-corrected chi connectivity index (χ3v) is 2.67. The van der Waals surface area contributed by atoms with Crippen molar-refractivity contribution in [1.82, 2.24) is 0 Å². The number of esters is 1. The molecule has 0 bridgehead atoms. The highest BCUT2D eigenvalue weighted by atomic mass is 16.6. The van der Waals surface area contributed by atoms with Gasteiger partial charge in [0.1, 0.15) is 5.41 Å². The van der Waals surface area contributed by atoms with Crippen molar-refractivity contribution in [2.24, 2.45) is 5.41 Å². The molecule has 6 heteroatoms. The zero-order valence-electron chi connectivity index (χ0n) is 11.0. The van der Waals surface area contributed by atoms with Crippen LogP contribution in [0.2, 0.25) is 0 Å². The molecule has 0 atom stereocenters. The van der Waals surface area contributed by atoms with Crippen LogP contribution in [0.4, 0.5) is 5.69 Å². The molecule has 0 unspecified atom stereocenters. The molecule has 0 spiro atoms. The molecule has 0 heterocycles. The van der Waals surface area contributed by atoms with E-state index in [0.29, 0.717) is 0 Å². The molecule has 0 aliphatic carbocycles. The molecular weight excluding hydrogens is 250 g/mol. The van der Waals surface area contributed by atoms with Crippen LogP contribution in [0, 0.1) is 15.5 Å². The summed E-state index contributed by atoms with van der Waals surface area (Å²) in [5.74, 6) is -1.15. The van der Waals surface area contributed by atoms with E-state index in [-0.39, 0.29) is 17.9 Å². The van der Waals surface area contributed by atoms with Crippen molar-refractivity contribution in [1.29, 1.82) is 0 Å². The number of nitrogens with zero attached hydrogens (tertiary/aromatic N) is 1. The first-order valence-corrected chi connectivity index (χ1v) is 5.77. The average molecular weight is 265 g/mol. The lowest BCUT2D eigenvalue weighted by Gasteiger charge is -2.20. The van der Waals surface area contributed by atoms with E-state index in [1.807, 2.05) is 0 Å². The number of ether oxygens (including phenoxy) is 1. The van der Waals surface area contributed by atoms with Crippen molar-refractivity contribution in [2.45, 2.75) is 20.8 Å². The minimum atomic E-state index is -1.37. The first-order chi connectivity index (χ1) is 8.80. The Morgan fingerprint density at radius 1 is 1.37 bits per heavy atom. The van der Waals surface area contributed by atoms with E-state index in [4.69, 9.17) is 4.74 Å². The Balaban J connectivity index is 3.09. The fourth-order valence-electron chi connectivity index (χ4n) is 1.53. The van der Waals surface area contributed by atoms with Crippen LogP contribution in [0.25, 0.3) is 0 Å². The number of hydrogen-bond donors (Lipinski definition) is 0. The normalized spacial score (nSPS) is 10.9. The third-order valence-electron chi connectivity index (χ3n) is 2.67. The molecule has 0 aliphatic heterocycles. The monoisotopic (exact) mass is 265 g/mol. The molecule has 0 aliphatic rings. The van der Waals surface area contributed by atoms with Gasteiger partial charge in [0.15, 0.2) is 5.78 Å². The Morgan fingerprint density at radius 3 is 2.53 bits per heavy atom. The van der Waals surface area contributed by atoms with Crippen LogP contribution in [0.3, 0.4) is 0 Å². The molecule has 1 aromatic rings. The molecule has 1 rings (SSSR count). The van der Waals surface area contributed by atoms with E-state index in [1.165, 1.54) is 32.0 Å². The number of rotatable bonds is 5. The van der Waals surface area contributed by atoms with Crippen molar-refractivity contribution in [3.63, 3.8) is 0 Å². The van der Waals surface area contributed by atoms with E-state index in [1.54, 1.807) is 6.92 Å². The molecule has 0 amide bonds. The van der Waals surface area contributed by atoms with Gasteiger partial charge < -0.3 is 4.74 Å². The summed E-state index contributed by atoms with van der Waals surface area (Å²) < 4.78 is 4.83. The summed E-state index contributed by atoms with van der Waals surface area (Å²) in [4.78, 5) is 34.0. The minimum Gasteiger partial charge on any atom is -0.465 e. The van der Waals surface area contributed by atoms with Crippen LogP contribution in [0.1, 0.15) is 31.1 Å². The number of benzene rings is 1. The Morgan fingerprint density at radius 2 is 2.00 bits per heavy atom. The SMILES string of the molecule is CCOC(=O)C(C)(C)C(=O)c1cccc([N+](=O)[O-])c1. The smallest absolute Gasteiger partial charge is 0.319 e. The predicted octanol–water partition coefficient (Wildman–Crippen LogP) is 2.37. The second kappa shape index (κ2) is 5.60. The van der Waals surface area contributed by atoms with Gasteiger partial charge in [-0.1, -0.05) is 12.1 Å². The Kier molecular flexibility index (Phi) is 4.37. The first kappa shape index (κ1) is 14.8. The van der Waals surface area contributed by atoms with Crippen molar-refractivity contribution in [2.75, 3.05) is 6.61 Å². The Bertz CT molecular complexity index is 522. The molecule has 0 fully saturated rings. The summed E-state index contributed by atoms with van der Waals surface area (Å²) in [5, 5.41) is 10.7. The van der Waals surface area contributed by atoms with Crippen molar-refractivity contribution >= 4 is 17.4 Å². The van der Waals surface area contributed by atoms with Gasteiger partial charge in [-0.25, -0.2) is 0 Å². The topological polar surface area (TPSA) is 86.5 Å². The summed E-state index contributed by atoms with van der Waals surface area (Å²) in [6.07, 6.45) is 0. The first-order valence-electron chi connectivity index (χ1n) is 5.77. The number of carbonyl (C=O) groups is 2. The number of hydrogen-bond acceptors (Lipinski definition) is 5. The predicted molar refractivity (Wildman–Crippen MR) is 67.8 cm³/mol. The molecule has 6 nitrogen and oxygen atoms in total. The fourth-order valence-corrected chi connectivity index (χ4v) is 1.53. The number of nitro benzene ring substituents is 1. The quantitative estimate of drug-likeness (QED) is 0.268. The van der Waals surface area contributed by atoms with Gasteiger partial charge >= 0.3 is 5.97 Å². The standard InChI is InChI=1S/C13H15NO5/c1-4-19-12(16)13(2,3)11(15)9-6-5-7-10(8-9)14(17)18/h5-8H,4H2,1-3H3. The van der Waals surface area contributed by atoms with Gasteiger partial charge in [0.2, 0.25) is 0 Å². The maximum atomic E-state index is 12.2. The summed E-state index contributed by atoms with van der Waals surface area (Å²) in [6, 6.07) is 5.29. The number of Topliss-reactive ketones (excluding diaryl/α,β-unsaturated/α-hetero) is 1. The Labute approximate surface area is 110 Å². The summed E-state index contributed by atoms with van der Waals surface area (Å²) in [7, 11) is 0. The maximum Gasteiger partial charge on any atom is 0.319 e. The minimum absolute atomic E-state index is 0.118. The molecule has 102 valence electrons. The van der Waals surface area contributed by atoms with Gasteiger partial charge in [-0.15, -0.1) is 0 Å². The number of non-ortho nitro benzene ring substituents is 1. The zero-order chi connectivity index (χ0) is 14.6. The molecular formula is C13H15NO5. The summed E-state index contributed by atoms with van der Waals surface area (Å²) in [6.45, 7) is 4.69. The Hall–Kier alpha value is -2.24. The lowest BCUT2D eigenvalue weighted by molar-refractivity contribution is -0.384. The average Bonchev–Trinajstić information content (AvgIpc) is 2.38. The van der Waals surface area contributed by atoms with Crippen LogP contribution in [-0.4, -0.2) is 23.3 Å². The van der Waals surface area contributed by atoms with Gasteiger partial charge in [0.05, 0.1) is 11.5 Å². The lowest BCUT2D eigenvalue weighted by atomic mass is 9.84. The highest BCUT2D eigenvalue weighted by Crippen LogP contribution is 2.25. The lowest BCUT2D eigenvalue weighted by Crippen LogP contribution is -2.35. The fraction of sp³-hybridized carbons (Fsp3) is 0.385. The van der Waals surface area contributed by atoms with Gasteiger partial charge in [0.25, 0.3) is 5.69 Å². The van der Waals surface area contributed by atoms with Crippen molar-refractivity contribution < 1.29 is 19.2 Å². The molecule has 0 radical (unpaired) electrons. The van der Waals surface area contributed by atoms with Crippen LogP contribution in [-0.2, 0) is 9.53 Å². The van der Waals surface area contributed by atoms with Gasteiger partial charge in [-0.3, -0.25) is 19.7 Å². The molecule has 0 aromatic heterocycles. The van der Waals surface area contributed by atoms with Crippen LogP contribution < -0.4 is 0 Å². The van der Waals surface area contributed by atoms with E-state index in [9.17, 15) is 19.7 Å². The van der Waals surface area contributed by atoms with Crippen molar-refractivity contribution in [3.8, 4) is 0 Å². The largest absolute Gasteiger partial charge is 0.465 e. The third kappa shape index (κ3) is 3.15. The molecule has 19 heavy (non-hydrogen) atoms. The number of carbonyl (C=O) groups excluding carboxylic acids is 2. The molecule has 0 saturated heterocycles. The van der Waals surface area contributed by atoms with Crippen molar-refractivity contribution in [3.05, 3.63) is 39.9 Å². The zero-order valence-corrected chi connectivity index (χ0v) is 11.0. The number of ketones is 1. The van der Waals surface area contributed by atoms with E-state index in [0.717, 1.165) is 6.07 Å². The highest BCUT2D eigenvalue weighted by molar-refractivity contribution is 6.12. The van der Waals surface area contributed by atoms with Gasteiger partial charge in [0, 0.05) is 17.7 Å². The second-order valence-corrected chi connectivity index (χ2v) is 4.48. The van der Waals surface area contributed by atoms with E-state index >= 15 is 0 Å². The summed E-state index contributed by atoms with van der Waals surface area (Å²) in [5.41, 5.74) is -1.44. The molecule has 1 aromatic carbocycles. The van der Waals surface area contributed by atoms with E-state index in [2.05, 4.69) is 0 Å². The molecule has 0 saturated carbocycles. The van der Waals surface area contributed by atoms with Gasteiger partial charge in [-0.2, -0.15) is 0 Å². The number of nitro groups is 1. The highest BCUT2D eigenvalue weighted by Gasteiger charge is 2.38. The van der Waals surface area contributed by atoms with Crippen LogP contribution >= 0.6 is 0 Å². The maximum absolute atomic E-state index is 12.2. The van der Waals surface area contributed by atoms with Crippen LogP contribution in [0.15, 0.2) is 24.3 Å². The van der Waals surface area contributed by atoms with Crippen LogP contribution in [0.5, 0.6) is 0 Å². The second-order valence-electron chi connectivity index (χ2n) is 4.48.